The van der Waals surface area contributed by atoms with Crippen LogP contribution in [0.5, 0.6) is 0 Å². The van der Waals surface area contributed by atoms with Gasteiger partial charge in [-0.1, -0.05) is 49.7 Å². The van der Waals surface area contributed by atoms with Crippen molar-refractivity contribution in [1.82, 2.24) is 14.2 Å². The van der Waals surface area contributed by atoms with Crippen molar-refractivity contribution in [3.05, 3.63) is 65.9 Å². The third-order valence-corrected chi connectivity index (χ3v) is 10.1. The number of aromatic nitrogens is 1. The van der Waals surface area contributed by atoms with Crippen LogP contribution in [0.4, 0.5) is 0 Å². The molecule has 1 aliphatic carbocycles. The van der Waals surface area contributed by atoms with Gasteiger partial charge in [-0.2, -0.15) is 0 Å². The first-order valence-electron chi connectivity index (χ1n) is 13.7. The van der Waals surface area contributed by atoms with Crippen molar-refractivity contribution in [1.29, 1.82) is 0 Å². The molecule has 5 rings (SSSR count). The maximum Gasteiger partial charge on any atom is 0.240 e. The Morgan fingerprint density at radius 3 is 2.22 bits per heavy atom. The summed E-state index contributed by atoms with van der Waals surface area (Å²) in [5.41, 5.74) is 3.30. The number of benzene rings is 2. The zero-order valence-corrected chi connectivity index (χ0v) is 22.8. The second-order valence-corrected chi connectivity index (χ2v) is 13.0. The standard InChI is InChI=1S/C30H41N3O2S/c1-22(2)24-10-12-26(13-11-24)32-18-16-27(17-19-32)33-28(20-25-6-4-5-7-30(25)33)21-31-36(34,35)29-14-8-23(3)9-15-29/h4-9,14-15,20,22,24,26-27,31H,10-13,16-19,21H2,1-3H3. The smallest absolute Gasteiger partial charge is 0.240 e. The van der Waals surface area contributed by atoms with E-state index in [4.69, 9.17) is 0 Å². The Kier molecular flexibility index (Phi) is 7.57. The van der Waals surface area contributed by atoms with Crippen LogP contribution in [0.2, 0.25) is 0 Å². The van der Waals surface area contributed by atoms with Crippen LogP contribution < -0.4 is 4.72 Å². The number of sulfonamides is 1. The van der Waals surface area contributed by atoms with Gasteiger partial charge in [0.2, 0.25) is 10.0 Å². The van der Waals surface area contributed by atoms with E-state index >= 15 is 0 Å². The zero-order valence-electron chi connectivity index (χ0n) is 22.0. The van der Waals surface area contributed by atoms with Crippen LogP contribution in [0, 0.1) is 18.8 Å². The van der Waals surface area contributed by atoms with E-state index in [1.807, 2.05) is 19.1 Å². The highest BCUT2D eigenvalue weighted by molar-refractivity contribution is 7.89. The highest BCUT2D eigenvalue weighted by atomic mass is 32.2. The van der Waals surface area contributed by atoms with Gasteiger partial charge < -0.3 is 9.47 Å². The molecule has 36 heavy (non-hydrogen) atoms. The molecule has 0 radical (unpaired) electrons. The molecule has 194 valence electrons. The first-order chi connectivity index (χ1) is 17.3. The number of rotatable bonds is 7. The lowest BCUT2D eigenvalue weighted by Gasteiger charge is -2.42. The molecule has 1 N–H and O–H groups in total. The van der Waals surface area contributed by atoms with Gasteiger partial charge in [0.1, 0.15) is 0 Å². The molecule has 0 bridgehead atoms. The SMILES string of the molecule is Cc1ccc(S(=O)(=O)NCc2cc3ccccc3n2C2CCN(C3CCC(C(C)C)CC3)CC2)cc1. The van der Waals surface area contributed by atoms with Crippen LogP contribution in [0.15, 0.2) is 59.5 Å². The highest BCUT2D eigenvalue weighted by Gasteiger charge is 2.31. The summed E-state index contributed by atoms with van der Waals surface area (Å²) in [5, 5.41) is 1.18. The highest BCUT2D eigenvalue weighted by Crippen LogP contribution is 2.36. The summed E-state index contributed by atoms with van der Waals surface area (Å²) >= 11 is 0. The van der Waals surface area contributed by atoms with Gasteiger partial charge in [-0.25, -0.2) is 13.1 Å². The summed E-state index contributed by atoms with van der Waals surface area (Å²) in [6, 6.07) is 18.8. The lowest BCUT2D eigenvalue weighted by molar-refractivity contribution is 0.0889. The lowest BCUT2D eigenvalue weighted by atomic mass is 9.79. The van der Waals surface area contributed by atoms with Crippen molar-refractivity contribution < 1.29 is 8.42 Å². The van der Waals surface area contributed by atoms with Gasteiger partial charge in [0.25, 0.3) is 0 Å². The van der Waals surface area contributed by atoms with E-state index in [1.165, 1.54) is 36.6 Å². The van der Waals surface area contributed by atoms with E-state index in [0.717, 1.165) is 55.1 Å². The van der Waals surface area contributed by atoms with Gasteiger partial charge in [-0.3, -0.25) is 0 Å². The van der Waals surface area contributed by atoms with Crippen LogP contribution in [0.1, 0.15) is 69.7 Å². The quantitative estimate of drug-likeness (QED) is 0.409. The molecule has 0 spiro atoms. The largest absolute Gasteiger partial charge is 0.340 e. The minimum absolute atomic E-state index is 0.296. The van der Waals surface area contributed by atoms with Crippen LogP contribution in [0.25, 0.3) is 10.9 Å². The van der Waals surface area contributed by atoms with Crippen molar-refractivity contribution in [2.75, 3.05) is 13.1 Å². The predicted molar refractivity (Wildman–Crippen MR) is 148 cm³/mol. The third-order valence-electron chi connectivity index (χ3n) is 8.67. The molecule has 2 aliphatic rings. The molecule has 2 aromatic carbocycles. The van der Waals surface area contributed by atoms with Crippen LogP contribution >= 0.6 is 0 Å². The number of para-hydroxylation sites is 1. The van der Waals surface area contributed by atoms with Crippen molar-refractivity contribution in [3.8, 4) is 0 Å². The number of nitrogens with one attached hydrogen (secondary N) is 1. The maximum absolute atomic E-state index is 13.0. The molecule has 5 nitrogen and oxygen atoms in total. The molecule has 3 aromatic rings. The minimum Gasteiger partial charge on any atom is -0.340 e. The second kappa shape index (κ2) is 10.7. The van der Waals surface area contributed by atoms with E-state index < -0.39 is 10.0 Å². The molecule has 0 unspecified atom stereocenters. The van der Waals surface area contributed by atoms with Gasteiger partial charge in [-0.15, -0.1) is 0 Å². The summed E-state index contributed by atoms with van der Waals surface area (Å²) in [6.45, 7) is 9.26. The van der Waals surface area contributed by atoms with Crippen molar-refractivity contribution in [3.63, 3.8) is 0 Å². The van der Waals surface area contributed by atoms with Gasteiger partial charge in [0.05, 0.1) is 11.4 Å². The Morgan fingerprint density at radius 2 is 1.56 bits per heavy atom. The minimum atomic E-state index is -3.57. The number of nitrogens with zero attached hydrogens (tertiary/aromatic N) is 2. The average molecular weight is 508 g/mol. The molecular formula is C30H41N3O2S. The van der Waals surface area contributed by atoms with E-state index in [9.17, 15) is 8.42 Å². The molecule has 0 amide bonds. The molecule has 1 saturated heterocycles. The third kappa shape index (κ3) is 5.41. The van der Waals surface area contributed by atoms with Gasteiger partial charge in [0.15, 0.2) is 0 Å². The first-order valence-corrected chi connectivity index (χ1v) is 15.2. The molecule has 0 atom stereocenters. The molecular weight excluding hydrogens is 466 g/mol. The summed E-state index contributed by atoms with van der Waals surface area (Å²) < 4.78 is 31.2. The van der Waals surface area contributed by atoms with Gasteiger partial charge in [-0.05, 0) is 86.9 Å². The summed E-state index contributed by atoms with van der Waals surface area (Å²) in [6.07, 6.45) is 7.64. The molecule has 6 heteroatoms. The summed E-state index contributed by atoms with van der Waals surface area (Å²) in [4.78, 5) is 3.05. The number of likely N-dealkylation sites (tertiary alicyclic amines) is 1. The van der Waals surface area contributed by atoms with Crippen molar-refractivity contribution in [2.24, 2.45) is 11.8 Å². The van der Waals surface area contributed by atoms with Crippen LogP contribution in [-0.4, -0.2) is 37.0 Å². The summed E-state index contributed by atoms with van der Waals surface area (Å²) in [5.74, 6) is 1.71. The fourth-order valence-corrected chi connectivity index (χ4v) is 7.41. The van der Waals surface area contributed by atoms with Crippen molar-refractivity contribution in [2.45, 2.75) is 82.8 Å². The molecule has 1 saturated carbocycles. The van der Waals surface area contributed by atoms with E-state index in [1.54, 1.807) is 12.1 Å². The van der Waals surface area contributed by atoms with Gasteiger partial charge >= 0.3 is 0 Å². The monoisotopic (exact) mass is 507 g/mol. The number of hydrogen-bond donors (Lipinski definition) is 1. The number of aryl methyl sites for hydroxylation is 1. The Balaban J connectivity index is 1.29. The fourth-order valence-electron chi connectivity index (χ4n) is 6.41. The normalized spacial score (nSPS) is 22.4. The maximum atomic E-state index is 13.0. The Bertz CT molecular complexity index is 1260. The van der Waals surface area contributed by atoms with E-state index in [-0.39, 0.29) is 0 Å². The van der Waals surface area contributed by atoms with E-state index in [2.05, 4.69) is 58.4 Å². The molecule has 2 heterocycles. The fraction of sp³-hybridized carbons (Fsp3) is 0.533. The summed E-state index contributed by atoms with van der Waals surface area (Å²) in [7, 11) is -3.57. The number of hydrogen-bond acceptors (Lipinski definition) is 3. The van der Waals surface area contributed by atoms with Gasteiger partial charge in [0, 0.05) is 36.4 Å². The van der Waals surface area contributed by atoms with Crippen LogP contribution in [-0.2, 0) is 16.6 Å². The predicted octanol–water partition coefficient (Wildman–Crippen LogP) is 6.28. The second-order valence-electron chi connectivity index (χ2n) is 11.3. The average Bonchev–Trinajstić information content (AvgIpc) is 3.26. The Hall–Kier alpha value is -2.15. The number of fused-ring (bicyclic) bond motifs is 1. The Labute approximate surface area is 216 Å². The number of piperidine rings is 1. The van der Waals surface area contributed by atoms with E-state index in [0.29, 0.717) is 17.5 Å². The van der Waals surface area contributed by atoms with Crippen molar-refractivity contribution >= 4 is 20.9 Å². The molecule has 2 fully saturated rings. The lowest BCUT2D eigenvalue weighted by Crippen LogP contribution is -2.44. The van der Waals surface area contributed by atoms with Crippen LogP contribution in [0.3, 0.4) is 0 Å². The molecule has 1 aliphatic heterocycles. The Morgan fingerprint density at radius 1 is 0.889 bits per heavy atom. The topological polar surface area (TPSA) is 54.3 Å². The molecule has 1 aromatic heterocycles. The first kappa shape index (κ1) is 25.5. The zero-order chi connectivity index (χ0) is 25.3.